The minimum absolute atomic E-state index is 0. The van der Waals surface area contributed by atoms with Gasteiger partial charge in [0.05, 0.1) is 0 Å². The van der Waals surface area contributed by atoms with Crippen molar-refractivity contribution in [2.24, 2.45) is 0 Å². The molecule has 1 nitrogen and oxygen atoms in total. The van der Waals surface area contributed by atoms with Gasteiger partial charge in [-0.05, 0) is 0 Å². The molecule has 129 valence electrons. The molecule has 2 aromatic carbocycles. The van der Waals surface area contributed by atoms with Crippen LogP contribution in [0.3, 0.4) is 0 Å². The van der Waals surface area contributed by atoms with Crippen LogP contribution < -0.4 is 33.3 Å². The van der Waals surface area contributed by atoms with Crippen molar-refractivity contribution in [1.82, 2.24) is 0 Å². The molecular formula is C19H25Cl2OSiTi. The van der Waals surface area contributed by atoms with Gasteiger partial charge in [0.1, 0.15) is 0 Å². The summed E-state index contributed by atoms with van der Waals surface area (Å²) in [6, 6.07) is 12.9. The van der Waals surface area contributed by atoms with Gasteiger partial charge in [-0.25, -0.2) is 0 Å². The van der Waals surface area contributed by atoms with E-state index in [4.69, 9.17) is 3.32 Å². The Labute approximate surface area is 172 Å². The van der Waals surface area contributed by atoms with Gasteiger partial charge in [0.2, 0.25) is 0 Å². The number of halogens is 2. The molecule has 0 spiro atoms. The molecule has 0 saturated carbocycles. The van der Waals surface area contributed by atoms with Crippen molar-refractivity contribution in [2.45, 2.75) is 46.2 Å². The van der Waals surface area contributed by atoms with Gasteiger partial charge in [-0.1, -0.05) is 0 Å². The Hall–Kier alpha value is -0.249. The van der Waals surface area contributed by atoms with Gasteiger partial charge < -0.3 is 24.8 Å². The van der Waals surface area contributed by atoms with E-state index in [1.807, 2.05) is 0 Å². The summed E-state index contributed by atoms with van der Waals surface area (Å²) in [7, 11) is -0.946. The van der Waals surface area contributed by atoms with E-state index >= 15 is 0 Å². The summed E-state index contributed by atoms with van der Waals surface area (Å²) in [6.45, 7) is 14.0. The molecule has 5 heteroatoms. The molecule has 24 heavy (non-hydrogen) atoms. The zero-order valence-corrected chi connectivity index (χ0v) is 19.4. The monoisotopic (exact) mass is 415 g/mol. The van der Waals surface area contributed by atoms with Crippen molar-refractivity contribution in [2.75, 3.05) is 0 Å². The van der Waals surface area contributed by atoms with Crippen LogP contribution in [0.2, 0.25) is 13.1 Å². The summed E-state index contributed by atoms with van der Waals surface area (Å²) in [5, 5.41) is 1.59. The van der Waals surface area contributed by atoms with Gasteiger partial charge >= 0.3 is 149 Å². The summed E-state index contributed by atoms with van der Waals surface area (Å²) in [5.74, 6) is 0.993. The molecule has 0 bridgehead atoms. The van der Waals surface area contributed by atoms with E-state index in [9.17, 15) is 0 Å². The number of aryl methyl sites for hydroxylation is 1. The average molecular weight is 416 g/mol. The summed E-state index contributed by atoms with van der Waals surface area (Å²) in [5.41, 5.74) is 5.47. The third-order valence-corrected chi connectivity index (χ3v) is 6.28. The predicted octanol–water partition coefficient (Wildman–Crippen LogP) is -1.50. The largest absolute Gasteiger partial charge is 1.00 e. The molecule has 0 atom stereocenters. The van der Waals surface area contributed by atoms with Crippen LogP contribution in [0, 0.1) is 6.92 Å². The van der Waals surface area contributed by atoms with Gasteiger partial charge in [0, 0.05) is 0 Å². The van der Waals surface area contributed by atoms with Gasteiger partial charge in [0.15, 0.2) is 0 Å². The predicted molar refractivity (Wildman–Crippen MR) is 94.5 cm³/mol. The van der Waals surface area contributed by atoms with E-state index in [0.717, 1.165) is 5.75 Å². The van der Waals surface area contributed by atoms with E-state index in [1.54, 1.807) is 26.0 Å². The third kappa shape index (κ3) is 4.89. The fourth-order valence-electron chi connectivity index (χ4n) is 3.30. The summed E-state index contributed by atoms with van der Waals surface area (Å²) >= 11 is 1.78. The Morgan fingerprint density at radius 3 is 1.96 bits per heavy atom. The second kappa shape index (κ2) is 9.45. The smallest absolute Gasteiger partial charge is 1.00 e. The van der Waals surface area contributed by atoms with Crippen molar-refractivity contribution in [3.05, 3.63) is 47.5 Å². The van der Waals surface area contributed by atoms with Crippen molar-refractivity contribution in [3.63, 3.8) is 0 Å². The van der Waals surface area contributed by atoms with Crippen LogP contribution in [0.15, 0.2) is 36.4 Å². The molecule has 0 aliphatic heterocycles. The number of benzene rings is 2. The Bertz CT molecular complexity index is 667. The summed E-state index contributed by atoms with van der Waals surface area (Å²) in [6.07, 6.45) is 0. The normalized spacial score (nSPS) is 10.9. The van der Waals surface area contributed by atoms with Crippen LogP contribution in [-0.4, -0.2) is 8.80 Å². The van der Waals surface area contributed by atoms with Gasteiger partial charge in [-0.3, -0.25) is 0 Å². The molecule has 0 amide bonds. The molecule has 0 N–H and O–H groups in total. The molecule has 0 aromatic heterocycles. The van der Waals surface area contributed by atoms with E-state index < -0.39 is 8.80 Å². The fraction of sp³-hybridized carbons (Fsp3) is 0.368. The van der Waals surface area contributed by atoms with Crippen LogP contribution >= 0.6 is 0 Å². The first-order valence-electron chi connectivity index (χ1n) is 7.84. The van der Waals surface area contributed by atoms with Crippen molar-refractivity contribution >= 4 is 14.0 Å². The van der Waals surface area contributed by atoms with Gasteiger partial charge in [0.25, 0.3) is 0 Å². The van der Waals surface area contributed by atoms with E-state index in [0.29, 0.717) is 0 Å². The van der Waals surface area contributed by atoms with Crippen LogP contribution in [-0.2, 0) is 26.2 Å². The van der Waals surface area contributed by atoms with Crippen molar-refractivity contribution < 1.29 is 49.0 Å². The first-order chi connectivity index (χ1) is 10.3. The second-order valence-corrected chi connectivity index (χ2v) is 10.4. The quantitative estimate of drug-likeness (QED) is 0.554. The first kappa shape index (κ1) is 23.8. The Morgan fingerprint density at radius 1 is 1.00 bits per heavy atom. The van der Waals surface area contributed by atoms with E-state index in [2.05, 4.69) is 77.2 Å². The SMILES string of the molecule is Cc1cc([O][Ti+2])c(-c2ccccc2)c(C(C)(C)C)c1[SiH](C)C.[Cl-].[Cl-]. The maximum absolute atomic E-state index is 5.77. The van der Waals surface area contributed by atoms with Crippen molar-refractivity contribution in [3.8, 4) is 16.9 Å². The molecule has 0 fully saturated rings. The third-order valence-electron chi connectivity index (χ3n) is 4.04. The molecule has 0 aliphatic carbocycles. The Balaban J connectivity index is 0.00000264. The van der Waals surface area contributed by atoms with Crippen molar-refractivity contribution in [1.29, 1.82) is 0 Å². The maximum Gasteiger partial charge on any atom is -1.00 e. The van der Waals surface area contributed by atoms with Gasteiger partial charge in [-0.15, -0.1) is 0 Å². The number of hydrogen-bond acceptors (Lipinski definition) is 1. The zero-order valence-electron chi connectivity index (χ0n) is 15.2. The van der Waals surface area contributed by atoms with Crippen LogP contribution in [0.25, 0.3) is 11.1 Å². The molecule has 2 rings (SSSR count). The van der Waals surface area contributed by atoms with Crippen LogP contribution in [0.4, 0.5) is 0 Å². The molecule has 0 saturated heterocycles. The number of hydrogen-bond donors (Lipinski definition) is 0. The van der Waals surface area contributed by atoms with Crippen LogP contribution in [0.5, 0.6) is 5.75 Å². The Kier molecular flexibility index (Phi) is 9.35. The Morgan fingerprint density at radius 2 is 1.54 bits per heavy atom. The minimum atomic E-state index is -0.946. The first-order valence-corrected chi connectivity index (χ1v) is 11.4. The molecule has 0 aliphatic rings. The molecule has 0 radical (unpaired) electrons. The molecule has 0 unspecified atom stereocenters. The zero-order chi connectivity index (χ0) is 16.5. The summed E-state index contributed by atoms with van der Waals surface area (Å²) in [4.78, 5) is 0. The average Bonchev–Trinajstić information content (AvgIpc) is 2.45. The second-order valence-electron chi connectivity index (χ2n) is 7.23. The maximum atomic E-state index is 5.77. The minimum Gasteiger partial charge on any atom is -1.00 e. The summed E-state index contributed by atoms with van der Waals surface area (Å²) < 4.78 is 5.77. The van der Waals surface area contributed by atoms with E-state index in [-0.39, 0.29) is 30.2 Å². The molecular weight excluding hydrogens is 391 g/mol. The topological polar surface area (TPSA) is 9.23 Å². The van der Waals surface area contributed by atoms with Gasteiger partial charge in [-0.2, -0.15) is 0 Å². The van der Waals surface area contributed by atoms with Crippen LogP contribution in [0.1, 0.15) is 31.9 Å². The standard InChI is InChI=1S/C19H26OSi.2ClH.Ti/c1-13-12-15(20)16(14-10-8-7-9-11-14)17(19(2,3)4)18(13)21(5)6;;;/h7-12,20-21H,1-6H3;2*1H;/q;;;+3/p-3. The number of rotatable bonds is 3. The molecule has 0 heterocycles. The van der Waals surface area contributed by atoms with E-state index in [1.165, 1.54) is 22.3 Å². The molecule has 2 aromatic rings. The fourth-order valence-corrected chi connectivity index (χ4v) is 5.70.